The van der Waals surface area contributed by atoms with Gasteiger partial charge >= 0.3 is 12.1 Å². The highest BCUT2D eigenvalue weighted by molar-refractivity contribution is 7.85. The first-order chi connectivity index (χ1) is 9.78. The summed E-state index contributed by atoms with van der Waals surface area (Å²) in [4.78, 5) is 22.3. The van der Waals surface area contributed by atoms with Crippen molar-refractivity contribution in [3.8, 4) is 0 Å². The topological polar surface area (TPSA) is 119 Å². The van der Waals surface area contributed by atoms with Crippen molar-refractivity contribution in [2.45, 2.75) is 12.6 Å². The maximum absolute atomic E-state index is 11.5. The molecule has 1 aromatic carbocycles. The van der Waals surface area contributed by atoms with E-state index in [1.165, 1.54) is 0 Å². The second-order valence-corrected chi connectivity index (χ2v) is 5.73. The van der Waals surface area contributed by atoms with E-state index in [9.17, 15) is 18.0 Å². The molecule has 0 saturated carbocycles. The van der Waals surface area contributed by atoms with Crippen LogP contribution in [0.2, 0.25) is 0 Å². The fourth-order valence-electron chi connectivity index (χ4n) is 1.27. The summed E-state index contributed by atoms with van der Waals surface area (Å²) in [5.41, 5.74) is 0.729. The maximum atomic E-state index is 11.5. The fourth-order valence-corrected chi connectivity index (χ4v) is 1.66. The lowest BCUT2D eigenvalue weighted by molar-refractivity contribution is -0.140. The predicted molar refractivity (Wildman–Crippen MR) is 72.0 cm³/mol. The Morgan fingerprint density at radius 1 is 1.29 bits per heavy atom. The Hall–Kier alpha value is -2.13. The van der Waals surface area contributed by atoms with E-state index in [0.717, 1.165) is 11.8 Å². The quantitative estimate of drug-likeness (QED) is 0.696. The largest absolute Gasteiger partial charge is 0.480 e. The summed E-state index contributed by atoms with van der Waals surface area (Å²) >= 11 is 0. The summed E-state index contributed by atoms with van der Waals surface area (Å²) in [5, 5.41) is 10.9. The van der Waals surface area contributed by atoms with Crippen molar-refractivity contribution in [3.63, 3.8) is 0 Å². The highest BCUT2D eigenvalue weighted by Gasteiger charge is 2.22. The first-order valence-corrected chi connectivity index (χ1v) is 7.64. The van der Waals surface area contributed by atoms with E-state index < -0.39 is 34.8 Å². The summed E-state index contributed by atoms with van der Waals surface area (Å²) in [5.74, 6) is -1.43. The molecule has 0 bridgehead atoms. The minimum absolute atomic E-state index is 0.0358. The van der Waals surface area contributed by atoms with Crippen LogP contribution in [0.5, 0.6) is 0 Å². The van der Waals surface area contributed by atoms with Crippen molar-refractivity contribution in [2.24, 2.45) is 0 Å². The van der Waals surface area contributed by atoms with E-state index in [2.05, 4.69) is 4.18 Å². The molecule has 0 heterocycles. The van der Waals surface area contributed by atoms with Crippen LogP contribution in [-0.2, 0) is 30.4 Å². The number of nitrogens with one attached hydrogen (secondary N) is 1. The number of amides is 1. The standard InChI is InChI=1S/C12H15NO7S/c1-21(17,18)20-8-10(11(14)15)13-12(16)19-7-9-5-3-2-4-6-9/h2-6,10H,7-8H2,1H3,(H,13,16)(H,14,15). The van der Waals surface area contributed by atoms with Gasteiger partial charge in [-0.25, -0.2) is 9.59 Å². The molecule has 0 fully saturated rings. The normalized spacial score (nSPS) is 12.4. The average Bonchev–Trinajstić information content (AvgIpc) is 2.41. The van der Waals surface area contributed by atoms with Crippen molar-refractivity contribution in [3.05, 3.63) is 35.9 Å². The number of alkyl carbamates (subject to hydrolysis) is 1. The van der Waals surface area contributed by atoms with Gasteiger partial charge in [-0.2, -0.15) is 8.42 Å². The van der Waals surface area contributed by atoms with E-state index in [1.54, 1.807) is 30.3 Å². The molecule has 0 saturated heterocycles. The molecule has 0 aromatic heterocycles. The molecule has 0 radical (unpaired) electrons. The second-order valence-electron chi connectivity index (χ2n) is 4.09. The molecule has 0 aliphatic heterocycles. The van der Waals surface area contributed by atoms with E-state index in [-0.39, 0.29) is 6.61 Å². The molecule has 1 amide bonds. The smallest absolute Gasteiger partial charge is 0.408 e. The number of carboxylic acids is 1. The van der Waals surface area contributed by atoms with Crippen molar-refractivity contribution in [1.29, 1.82) is 0 Å². The second kappa shape index (κ2) is 7.60. The van der Waals surface area contributed by atoms with Crippen LogP contribution in [0.4, 0.5) is 4.79 Å². The van der Waals surface area contributed by atoms with Crippen LogP contribution in [0.25, 0.3) is 0 Å². The molecule has 0 spiro atoms. The number of carboxylic acid groups (broad SMARTS) is 1. The molecular formula is C12H15NO7S. The fraction of sp³-hybridized carbons (Fsp3) is 0.333. The zero-order valence-corrected chi connectivity index (χ0v) is 12.0. The van der Waals surface area contributed by atoms with Gasteiger partial charge < -0.3 is 15.2 Å². The summed E-state index contributed by atoms with van der Waals surface area (Å²) in [7, 11) is -3.80. The molecule has 1 unspecified atom stereocenters. The average molecular weight is 317 g/mol. The Bertz CT molecular complexity index is 585. The van der Waals surface area contributed by atoms with Gasteiger partial charge in [-0.05, 0) is 5.56 Å². The van der Waals surface area contributed by atoms with Gasteiger partial charge in [0, 0.05) is 0 Å². The highest BCUT2D eigenvalue weighted by Crippen LogP contribution is 2.01. The van der Waals surface area contributed by atoms with E-state index >= 15 is 0 Å². The number of hydrogen-bond donors (Lipinski definition) is 2. The molecule has 1 atom stereocenters. The zero-order chi connectivity index (χ0) is 15.9. The minimum Gasteiger partial charge on any atom is -0.480 e. The van der Waals surface area contributed by atoms with E-state index in [1.807, 2.05) is 5.32 Å². The molecule has 0 aliphatic carbocycles. The monoisotopic (exact) mass is 317 g/mol. The Morgan fingerprint density at radius 3 is 2.43 bits per heavy atom. The molecular weight excluding hydrogens is 302 g/mol. The molecule has 1 rings (SSSR count). The van der Waals surface area contributed by atoms with Crippen LogP contribution in [0.15, 0.2) is 30.3 Å². The number of hydrogen-bond acceptors (Lipinski definition) is 6. The third-order valence-electron chi connectivity index (χ3n) is 2.25. The van der Waals surface area contributed by atoms with Crippen molar-refractivity contribution >= 4 is 22.2 Å². The lowest BCUT2D eigenvalue weighted by Gasteiger charge is -2.14. The Labute approximate surface area is 121 Å². The van der Waals surface area contributed by atoms with Gasteiger partial charge in [-0.1, -0.05) is 30.3 Å². The van der Waals surface area contributed by atoms with E-state index in [0.29, 0.717) is 0 Å². The van der Waals surface area contributed by atoms with Crippen LogP contribution < -0.4 is 5.32 Å². The lowest BCUT2D eigenvalue weighted by Crippen LogP contribution is -2.44. The van der Waals surface area contributed by atoms with Crippen molar-refractivity contribution < 1.29 is 32.0 Å². The van der Waals surface area contributed by atoms with Crippen LogP contribution >= 0.6 is 0 Å². The first kappa shape index (κ1) is 16.9. The lowest BCUT2D eigenvalue weighted by atomic mass is 10.2. The Morgan fingerprint density at radius 2 is 1.90 bits per heavy atom. The number of carbonyl (C=O) groups is 2. The first-order valence-electron chi connectivity index (χ1n) is 5.82. The van der Waals surface area contributed by atoms with Gasteiger partial charge in [0.1, 0.15) is 6.61 Å². The molecule has 116 valence electrons. The number of rotatable bonds is 7. The van der Waals surface area contributed by atoms with Crippen LogP contribution in [0.1, 0.15) is 5.56 Å². The third-order valence-corrected chi connectivity index (χ3v) is 2.82. The van der Waals surface area contributed by atoms with Crippen LogP contribution in [-0.4, -0.2) is 44.5 Å². The molecule has 9 heteroatoms. The molecule has 2 N–H and O–H groups in total. The maximum Gasteiger partial charge on any atom is 0.408 e. The number of ether oxygens (including phenoxy) is 1. The van der Waals surface area contributed by atoms with Gasteiger partial charge in [0.15, 0.2) is 6.04 Å². The number of benzene rings is 1. The molecule has 8 nitrogen and oxygen atoms in total. The van der Waals surface area contributed by atoms with E-state index in [4.69, 9.17) is 9.84 Å². The molecule has 0 aliphatic rings. The molecule has 1 aromatic rings. The van der Waals surface area contributed by atoms with Gasteiger partial charge in [0.05, 0.1) is 12.9 Å². The van der Waals surface area contributed by atoms with Gasteiger partial charge in [0.2, 0.25) is 0 Å². The highest BCUT2D eigenvalue weighted by atomic mass is 32.2. The minimum atomic E-state index is -3.80. The number of carbonyl (C=O) groups excluding carboxylic acids is 1. The third kappa shape index (κ3) is 7.28. The zero-order valence-electron chi connectivity index (χ0n) is 11.2. The summed E-state index contributed by atoms with van der Waals surface area (Å²) in [6.45, 7) is -0.749. The van der Waals surface area contributed by atoms with Crippen molar-refractivity contribution in [1.82, 2.24) is 5.32 Å². The van der Waals surface area contributed by atoms with Crippen LogP contribution in [0, 0.1) is 0 Å². The van der Waals surface area contributed by atoms with Crippen molar-refractivity contribution in [2.75, 3.05) is 12.9 Å². The molecule has 21 heavy (non-hydrogen) atoms. The summed E-state index contributed by atoms with van der Waals surface area (Å²) < 4.78 is 30.8. The summed E-state index contributed by atoms with van der Waals surface area (Å²) in [6, 6.07) is 7.26. The van der Waals surface area contributed by atoms with Gasteiger partial charge in [-0.15, -0.1) is 0 Å². The SMILES string of the molecule is CS(=O)(=O)OCC(NC(=O)OCc1ccccc1)C(=O)O. The Kier molecular flexibility index (Phi) is 6.12. The Balaban J connectivity index is 2.47. The number of aliphatic carboxylic acids is 1. The van der Waals surface area contributed by atoms with Gasteiger partial charge in [-0.3, -0.25) is 4.18 Å². The van der Waals surface area contributed by atoms with Crippen LogP contribution in [0.3, 0.4) is 0 Å². The predicted octanol–water partition coefficient (Wildman–Crippen LogP) is 0.342. The van der Waals surface area contributed by atoms with Gasteiger partial charge in [0.25, 0.3) is 10.1 Å². The summed E-state index contributed by atoms with van der Waals surface area (Å²) in [6.07, 6.45) is -0.206.